The summed E-state index contributed by atoms with van der Waals surface area (Å²) in [5.41, 5.74) is 0.226. The Morgan fingerprint density at radius 1 is 1.31 bits per heavy atom. The Morgan fingerprint density at radius 3 is 2.85 bits per heavy atom. The molecular formula is C8H4Cl2N2O. The first kappa shape index (κ1) is 8.53. The Balaban J connectivity index is 3.03. The first-order chi connectivity index (χ1) is 6.18. The number of nitrogens with zero attached hydrogens (tertiary/aromatic N) is 1. The number of aromatic amines is 1. The van der Waals surface area contributed by atoms with Gasteiger partial charge in [-0.1, -0.05) is 23.2 Å². The van der Waals surface area contributed by atoms with Gasteiger partial charge < -0.3 is 4.98 Å². The molecule has 0 amide bonds. The average molecular weight is 215 g/mol. The fraction of sp³-hybridized carbons (Fsp3) is 0. The molecule has 0 saturated carbocycles. The van der Waals surface area contributed by atoms with Crippen LogP contribution in [0.3, 0.4) is 0 Å². The molecule has 0 fully saturated rings. The normalized spacial score (nSPS) is 10.6. The van der Waals surface area contributed by atoms with Crippen LogP contribution in [0.2, 0.25) is 10.0 Å². The van der Waals surface area contributed by atoms with Gasteiger partial charge in [0.1, 0.15) is 0 Å². The van der Waals surface area contributed by atoms with Gasteiger partial charge in [-0.05, 0) is 12.1 Å². The number of aromatic nitrogens is 2. The summed E-state index contributed by atoms with van der Waals surface area (Å²) in [7, 11) is 0. The van der Waals surface area contributed by atoms with Crippen molar-refractivity contribution in [3.05, 3.63) is 38.9 Å². The van der Waals surface area contributed by atoms with Crippen LogP contribution in [-0.2, 0) is 0 Å². The molecule has 1 aromatic heterocycles. The number of benzene rings is 1. The molecule has 2 rings (SSSR count). The largest absolute Gasteiger partial charge is 0.313 e. The topological polar surface area (TPSA) is 45.8 Å². The third-order valence-corrected chi connectivity index (χ3v) is 2.17. The summed E-state index contributed by atoms with van der Waals surface area (Å²) in [4.78, 5) is 17.7. The number of halogens is 2. The molecule has 0 bridgehead atoms. The summed E-state index contributed by atoms with van der Waals surface area (Å²) >= 11 is 11.6. The Kier molecular flexibility index (Phi) is 1.98. The van der Waals surface area contributed by atoms with Crippen LogP contribution in [0.1, 0.15) is 0 Å². The quantitative estimate of drug-likeness (QED) is 0.732. The molecule has 0 spiro atoms. The number of nitrogens with one attached hydrogen (secondary N) is 1. The first-order valence-electron chi connectivity index (χ1n) is 3.51. The van der Waals surface area contributed by atoms with E-state index in [4.69, 9.17) is 23.2 Å². The standard InChI is InChI=1S/C8H4Cl2N2O/c9-4-1-5-7(6(10)2-4)11-3-12-8(5)13/h1-3H,(H,11,12,13). The van der Waals surface area contributed by atoms with E-state index in [1.807, 2.05) is 0 Å². The van der Waals surface area contributed by atoms with E-state index in [0.717, 1.165) is 0 Å². The average Bonchev–Trinajstić information content (AvgIpc) is 2.07. The minimum Gasteiger partial charge on any atom is -0.313 e. The second-order valence-corrected chi connectivity index (χ2v) is 3.36. The monoisotopic (exact) mass is 214 g/mol. The van der Waals surface area contributed by atoms with Gasteiger partial charge in [-0.25, -0.2) is 4.98 Å². The van der Waals surface area contributed by atoms with Crippen molar-refractivity contribution in [3.63, 3.8) is 0 Å². The highest BCUT2D eigenvalue weighted by Gasteiger charge is 2.04. The van der Waals surface area contributed by atoms with E-state index in [0.29, 0.717) is 20.9 Å². The van der Waals surface area contributed by atoms with E-state index in [-0.39, 0.29) is 5.56 Å². The zero-order valence-corrected chi connectivity index (χ0v) is 7.86. The van der Waals surface area contributed by atoms with Gasteiger partial charge in [0.2, 0.25) is 0 Å². The van der Waals surface area contributed by atoms with Crippen molar-refractivity contribution in [1.29, 1.82) is 0 Å². The molecule has 1 N–H and O–H groups in total. The summed E-state index contributed by atoms with van der Waals surface area (Å²) in [5.74, 6) is 0. The zero-order chi connectivity index (χ0) is 9.42. The van der Waals surface area contributed by atoms with Gasteiger partial charge in [-0.2, -0.15) is 0 Å². The number of hydrogen-bond donors (Lipinski definition) is 1. The van der Waals surface area contributed by atoms with Crippen LogP contribution in [0.25, 0.3) is 10.9 Å². The third kappa shape index (κ3) is 1.41. The lowest BCUT2D eigenvalue weighted by Gasteiger charge is -1.98. The van der Waals surface area contributed by atoms with Crippen LogP contribution < -0.4 is 5.56 Å². The second kappa shape index (κ2) is 3.01. The van der Waals surface area contributed by atoms with Gasteiger partial charge in [-0.3, -0.25) is 4.79 Å². The lowest BCUT2D eigenvalue weighted by Crippen LogP contribution is -2.06. The molecule has 2 aromatic rings. The number of fused-ring (bicyclic) bond motifs is 1. The second-order valence-electron chi connectivity index (χ2n) is 2.52. The zero-order valence-electron chi connectivity index (χ0n) is 6.34. The molecule has 1 aromatic carbocycles. The molecule has 0 aliphatic carbocycles. The SMILES string of the molecule is O=c1[nH]cnc2c(Cl)cc(Cl)cc12. The fourth-order valence-electron chi connectivity index (χ4n) is 1.10. The Bertz CT molecular complexity index is 521. The first-order valence-corrected chi connectivity index (χ1v) is 4.26. The minimum atomic E-state index is -0.241. The summed E-state index contributed by atoms with van der Waals surface area (Å²) in [5, 5.41) is 1.21. The summed E-state index contributed by atoms with van der Waals surface area (Å²) in [6.45, 7) is 0. The lowest BCUT2D eigenvalue weighted by atomic mass is 10.2. The molecule has 0 radical (unpaired) electrons. The number of hydrogen-bond acceptors (Lipinski definition) is 2. The molecular weight excluding hydrogens is 211 g/mol. The molecule has 1 heterocycles. The van der Waals surface area contributed by atoms with Crippen LogP contribution in [0, 0.1) is 0 Å². The maximum Gasteiger partial charge on any atom is 0.258 e. The highest BCUT2D eigenvalue weighted by molar-refractivity contribution is 6.38. The Morgan fingerprint density at radius 2 is 2.08 bits per heavy atom. The summed E-state index contributed by atoms with van der Waals surface area (Å²) in [6.07, 6.45) is 1.31. The van der Waals surface area contributed by atoms with Gasteiger partial charge >= 0.3 is 0 Å². The maximum atomic E-state index is 11.3. The lowest BCUT2D eigenvalue weighted by molar-refractivity contribution is 1.17. The molecule has 5 heteroatoms. The van der Waals surface area contributed by atoms with Crippen LogP contribution in [0.15, 0.2) is 23.3 Å². The van der Waals surface area contributed by atoms with Crippen LogP contribution >= 0.6 is 23.2 Å². The van der Waals surface area contributed by atoms with E-state index in [1.54, 1.807) is 6.07 Å². The maximum absolute atomic E-state index is 11.3. The predicted molar refractivity (Wildman–Crippen MR) is 52.4 cm³/mol. The molecule has 0 unspecified atom stereocenters. The Hall–Kier alpha value is -1.06. The molecule has 0 aliphatic heterocycles. The Labute approximate surface area is 83.3 Å². The van der Waals surface area contributed by atoms with Crippen molar-refractivity contribution in [2.75, 3.05) is 0 Å². The minimum absolute atomic E-state index is 0.241. The summed E-state index contributed by atoms with van der Waals surface area (Å²) < 4.78 is 0. The van der Waals surface area contributed by atoms with Crippen LogP contribution in [-0.4, -0.2) is 9.97 Å². The third-order valence-electron chi connectivity index (χ3n) is 1.66. The van der Waals surface area contributed by atoms with Crippen molar-refractivity contribution < 1.29 is 0 Å². The van der Waals surface area contributed by atoms with Gasteiger partial charge in [0.25, 0.3) is 5.56 Å². The van der Waals surface area contributed by atoms with E-state index in [9.17, 15) is 4.79 Å². The van der Waals surface area contributed by atoms with Gasteiger partial charge in [-0.15, -0.1) is 0 Å². The van der Waals surface area contributed by atoms with E-state index in [2.05, 4.69) is 9.97 Å². The van der Waals surface area contributed by atoms with Crippen LogP contribution in [0.5, 0.6) is 0 Å². The van der Waals surface area contributed by atoms with Crippen molar-refractivity contribution in [1.82, 2.24) is 9.97 Å². The molecule has 66 valence electrons. The number of rotatable bonds is 0. The van der Waals surface area contributed by atoms with Gasteiger partial charge in [0.15, 0.2) is 0 Å². The van der Waals surface area contributed by atoms with E-state index in [1.165, 1.54) is 12.4 Å². The van der Waals surface area contributed by atoms with Gasteiger partial charge in [0.05, 0.1) is 22.3 Å². The predicted octanol–water partition coefficient (Wildman–Crippen LogP) is 2.23. The summed E-state index contributed by atoms with van der Waals surface area (Å²) in [6, 6.07) is 3.09. The van der Waals surface area contributed by atoms with E-state index >= 15 is 0 Å². The van der Waals surface area contributed by atoms with Crippen molar-refractivity contribution in [2.45, 2.75) is 0 Å². The highest BCUT2D eigenvalue weighted by atomic mass is 35.5. The molecule has 3 nitrogen and oxygen atoms in total. The van der Waals surface area contributed by atoms with E-state index < -0.39 is 0 Å². The van der Waals surface area contributed by atoms with Crippen molar-refractivity contribution >= 4 is 34.1 Å². The molecule has 13 heavy (non-hydrogen) atoms. The van der Waals surface area contributed by atoms with Crippen molar-refractivity contribution in [2.24, 2.45) is 0 Å². The van der Waals surface area contributed by atoms with Gasteiger partial charge in [0, 0.05) is 5.02 Å². The highest BCUT2D eigenvalue weighted by Crippen LogP contribution is 2.23. The van der Waals surface area contributed by atoms with Crippen molar-refractivity contribution in [3.8, 4) is 0 Å². The molecule has 0 aliphatic rings. The smallest absolute Gasteiger partial charge is 0.258 e. The number of H-pyrrole nitrogens is 1. The molecule has 0 atom stereocenters. The fourth-order valence-corrected chi connectivity index (χ4v) is 1.65. The van der Waals surface area contributed by atoms with Crippen LogP contribution in [0.4, 0.5) is 0 Å². The molecule has 0 saturated heterocycles.